The van der Waals surface area contributed by atoms with Crippen molar-refractivity contribution >= 4 is 81.3 Å². The van der Waals surface area contributed by atoms with E-state index in [0.29, 0.717) is 0 Å². The molecule has 0 amide bonds. The van der Waals surface area contributed by atoms with Crippen LogP contribution >= 0.6 is 11.3 Å². The zero-order chi connectivity index (χ0) is 28.3. The molecule has 0 unspecified atom stereocenters. The number of nitrogens with zero attached hydrogens (tertiary/aromatic N) is 1. The van der Waals surface area contributed by atoms with Crippen LogP contribution in [0.15, 0.2) is 156 Å². The SMILES string of the molecule is c1ccc2cc(-c3ccc(N(c4ccc5c(c4)oc4ccccc45)c4ccc5c(c4)sc4ccccc45)cc3)ccc2c1. The molecule has 0 atom stereocenters. The van der Waals surface area contributed by atoms with Crippen molar-refractivity contribution in [3.8, 4) is 11.1 Å². The number of benzene rings is 7. The predicted octanol–water partition coefficient (Wildman–Crippen LogP) is 12.2. The highest BCUT2D eigenvalue weighted by atomic mass is 32.1. The first-order valence-electron chi connectivity index (χ1n) is 14.5. The minimum Gasteiger partial charge on any atom is -0.456 e. The van der Waals surface area contributed by atoms with Gasteiger partial charge in [-0.25, -0.2) is 0 Å². The van der Waals surface area contributed by atoms with E-state index in [0.717, 1.165) is 39.0 Å². The van der Waals surface area contributed by atoms with Crippen molar-refractivity contribution in [2.75, 3.05) is 4.90 Å². The Morgan fingerprint density at radius 2 is 1.02 bits per heavy atom. The van der Waals surface area contributed by atoms with Gasteiger partial charge in [0.1, 0.15) is 11.2 Å². The number of hydrogen-bond donors (Lipinski definition) is 0. The second-order valence-electron chi connectivity index (χ2n) is 11.0. The molecule has 0 aliphatic rings. The zero-order valence-corrected chi connectivity index (χ0v) is 24.0. The minimum absolute atomic E-state index is 0.888. The quantitative estimate of drug-likeness (QED) is 0.210. The van der Waals surface area contributed by atoms with E-state index in [-0.39, 0.29) is 0 Å². The van der Waals surface area contributed by atoms with Crippen molar-refractivity contribution in [1.29, 1.82) is 0 Å². The fourth-order valence-corrected chi connectivity index (χ4v) is 7.47. The van der Waals surface area contributed by atoms with Crippen molar-refractivity contribution in [2.45, 2.75) is 0 Å². The number of anilines is 3. The molecule has 2 aromatic heterocycles. The van der Waals surface area contributed by atoms with E-state index in [1.165, 1.54) is 42.1 Å². The van der Waals surface area contributed by atoms with Crippen molar-refractivity contribution in [3.63, 3.8) is 0 Å². The van der Waals surface area contributed by atoms with Crippen LogP contribution in [0.5, 0.6) is 0 Å². The number of rotatable bonds is 4. The van der Waals surface area contributed by atoms with Gasteiger partial charge in [0.2, 0.25) is 0 Å². The molecular formula is C40H25NOS. The normalized spacial score (nSPS) is 11.7. The van der Waals surface area contributed by atoms with Crippen molar-refractivity contribution in [2.24, 2.45) is 0 Å². The van der Waals surface area contributed by atoms with Crippen molar-refractivity contribution < 1.29 is 4.42 Å². The average molecular weight is 568 g/mol. The fourth-order valence-electron chi connectivity index (χ4n) is 6.33. The second-order valence-corrected chi connectivity index (χ2v) is 12.1. The molecular weight excluding hydrogens is 543 g/mol. The van der Waals surface area contributed by atoms with Crippen molar-refractivity contribution in [1.82, 2.24) is 0 Å². The summed E-state index contributed by atoms with van der Waals surface area (Å²) in [4.78, 5) is 2.33. The second kappa shape index (κ2) is 9.59. The predicted molar refractivity (Wildman–Crippen MR) is 184 cm³/mol. The van der Waals surface area contributed by atoms with Gasteiger partial charge < -0.3 is 9.32 Å². The third kappa shape index (κ3) is 4.01. The lowest BCUT2D eigenvalue weighted by molar-refractivity contribution is 0.669. The number of fused-ring (bicyclic) bond motifs is 7. The smallest absolute Gasteiger partial charge is 0.137 e. The maximum atomic E-state index is 6.31. The van der Waals surface area contributed by atoms with Gasteiger partial charge in [0.05, 0.1) is 0 Å². The molecule has 0 aliphatic carbocycles. The van der Waals surface area contributed by atoms with E-state index in [1.54, 1.807) is 0 Å². The molecule has 0 spiro atoms. The van der Waals surface area contributed by atoms with Gasteiger partial charge >= 0.3 is 0 Å². The Bertz CT molecular complexity index is 2350. The van der Waals surface area contributed by atoms with Crippen LogP contribution in [0.25, 0.3) is 64.0 Å². The molecule has 0 saturated heterocycles. The molecule has 9 rings (SSSR count). The van der Waals surface area contributed by atoms with E-state index >= 15 is 0 Å². The summed E-state index contributed by atoms with van der Waals surface area (Å²) in [5.74, 6) is 0. The Balaban J connectivity index is 1.20. The third-order valence-electron chi connectivity index (χ3n) is 8.45. The van der Waals surface area contributed by atoms with Crippen LogP contribution < -0.4 is 4.90 Å². The molecule has 9 aromatic rings. The Morgan fingerprint density at radius 1 is 0.395 bits per heavy atom. The molecule has 3 heteroatoms. The molecule has 0 radical (unpaired) electrons. The first kappa shape index (κ1) is 24.2. The fraction of sp³-hybridized carbons (Fsp3) is 0. The van der Waals surface area contributed by atoms with Gasteiger partial charge in [-0.1, -0.05) is 91.0 Å². The average Bonchev–Trinajstić information content (AvgIpc) is 3.62. The van der Waals surface area contributed by atoms with Crippen molar-refractivity contribution in [3.05, 3.63) is 152 Å². The molecule has 2 nitrogen and oxygen atoms in total. The Morgan fingerprint density at radius 3 is 1.91 bits per heavy atom. The maximum Gasteiger partial charge on any atom is 0.137 e. The van der Waals surface area contributed by atoms with Crippen LogP contribution in [-0.2, 0) is 0 Å². The Hall–Kier alpha value is -5.38. The van der Waals surface area contributed by atoms with E-state index in [4.69, 9.17) is 4.42 Å². The van der Waals surface area contributed by atoms with Gasteiger partial charge in [0.25, 0.3) is 0 Å². The molecule has 43 heavy (non-hydrogen) atoms. The molecule has 0 saturated carbocycles. The summed E-state index contributed by atoms with van der Waals surface area (Å²) >= 11 is 1.84. The molecule has 0 fully saturated rings. The maximum absolute atomic E-state index is 6.31. The molecule has 7 aromatic carbocycles. The summed E-state index contributed by atoms with van der Waals surface area (Å²) in [6.07, 6.45) is 0. The molecule has 0 bridgehead atoms. The van der Waals surface area contributed by atoms with Gasteiger partial charge in [-0.05, 0) is 76.5 Å². The monoisotopic (exact) mass is 567 g/mol. The third-order valence-corrected chi connectivity index (χ3v) is 9.58. The zero-order valence-electron chi connectivity index (χ0n) is 23.2. The van der Waals surface area contributed by atoms with Gasteiger partial charge in [-0.2, -0.15) is 0 Å². The number of thiophene rings is 1. The van der Waals surface area contributed by atoms with Gasteiger partial charge in [0.15, 0.2) is 0 Å². The number of furan rings is 1. The highest BCUT2D eigenvalue weighted by molar-refractivity contribution is 7.25. The summed E-state index contributed by atoms with van der Waals surface area (Å²) in [6, 6.07) is 54.4. The molecule has 202 valence electrons. The lowest BCUT2D eigenvalue weighted by atomic mass is 10.0. The van der Waals surface area contributed by atoms with E-state index in [2.05, 4.69) is 144 Å². The summed E-state index contributed by atoms with van der Waals surface area (Å²) < 4.78 is 8.90. The highest BCUT2D eigenvalue weighted by Gasteiger charge is 2.17. The first-order valence-corrected chi connectivity index (χ1v) is 15.3. The number of hydrogen-bond acceptors (Lipinski definition) is 3. The summed E-state index contributed by atoms with van der Waals surface area (Å²) in [5, 5.41) is 7.38. The lowest BCUT2D eigenvalue weighted by Crippen LogP contribution is -2.09. The van der Waals surface area contributed by atoms with E-state index in [1.807, 2.05) is 23.5 Å². The Labute approximate surface area is 252 Å². The largest absolute Gasteiger partial charge is 0.456 e. The van der Waals surface area contributed by atoms with E-state index in [9.17, 15) is 0 Å². The van der Waals surface area contributed by atoms with Gasteiger partial charge in [-0.15, -0.1) is 11.3 Å². The van der Waals surface area contributed by atoms with Crippen LogP contribution in [0.4, 0.5) is 17.1 Å². The lowest BCUT2D eigenvalue weighted by Gasteiger charge is -2.26. The highest BCUT2D eigenvalue weighted by Crippen LogP contribution is 2.42. The van der Waals surface area contributed by atoms with Crippen LogP contribution in [0, 0.1) is 0 Å². The standard InChI is InChI=1S/C40H25NOS/c1-2-8-28-23-29(14-13-26(28)7-1)27-15-17-30(18-16-27)41(31-19-21-34-33-9-3-5-11-37(33)42-38(34)24-31)32-20-22-36-35-10-4-6-12-39(35)43-40(36)25-32/h1-25H. The van der Waals surface area contributed by atoms with Gasteiger partial charge in [0, 0.05) is 54.1 Å². The Kier molecular flexibility index (Phi) is 5.40. The number of para-hydroxylation sites is 1. The van der Waals surface area contributed by atoms with Crippen LogP contribution in [0.2, 0.25) is 0 Å². The van der Waals surface area contributed by atoms with Crippen LogP contribution in [0.1, 0.15) is 0 Å². The van der Waals surface area contributed by atoms with Crippen LogP contribution in [0.3, 0.4) is 0 Å². The molecule has 0 N–H and O–H groups in total. The van der Waals surface area contributed by atoms with Crippen LogP contribution in [-0.4, -0.2) is 0 Å². The first-order chi connectivity index (χ1) is 21.3. The minimum atomic E-state index is 0.888. The topological polar surface area (TPSA) is 16.4 Å². The van der Waals surface area contributed by atoms with Gasteiger partial charge in [-0.3, -0.25) is 0 Å². The summed E-state index contributed by atoms with van der Waals surface area (Å²) in [6.45, 7) is 0. The summed E-state index contributed by atoms with van der Waals surface area (Å²) in [5.41, 5.74) is 7.49. The molecule has 2 heterocycles. The summed E-state index contributed by atoms with van der Waals surface area (Å²) in [7, 11) is 0. The molecule has 0 aliphatic heterocycles. The van der Waals surface area contributed by atoms with E-state index < -0.39 is 0 Å².